The lowest BCUT2D eigenvalue weighted by Gasteiger charge is -2.14. The molecule has 1 heterocycles. The molecule has 1 aromatic rings. The third-order valence-corrected chi connectivity index (χ3v) is 2.23. The van der Waals surface area contributed by atoms with E-state index in [1.807, 2.05) is 48.8 Å². The molecule has 0 aliphatic carbocycles. The monoisotopic (exact) mass is 198 g/mol. The Morgan fingerprint density at radius 3 is 2.67 bits per heavy atom. The van der Waals surface area contributed by atoms with E-state index in [2.05, 4.69) is 17.0 Å². The van der Waals surface area contributed by atoms with Crippen molar-refractivity contribution < 1.29 is 0 Å². The molecule has 0 fully saturated rings. The molecular formula is C13H14N2. The van der Waals surface area contributed by atoms with Gasteiger partial charge in [0.05, 0.1) is 0 Å². The average Bonchev–Trinajstić information content (AvgIpc) is 2.46. The van der Waals surface area contributed by atoms with E-state index in [9.17, 15) is 0 Å². The molecular weight excluding hydrogens is 184 g/mol. The van der Waals surface area contributed by atoms with E-state index in [0.29, 0.717) is 0 Å². The first kappa shape index (κ1) is 9.59. The van der Waals surface area contributed by atoms with Crippen LogP contribution in [0.3, 0.4) is 0 Å². The molecule has 76 valence electrons. The summed E-state index contributed by atoms with van der Waals surface area (Å²) in [5.74, 6) is 0. The minimum atomic E-state index is 0.779. The van der Waals surface area contributed by atoms with Crippen LogP contribution < -0.4 is 5.73 Å². The third-order valence-electron chi connectivity index (χ3n) is 2.23. The number of benzene rings is 1. The van der Waals surface area contributed by atoms with E-state index in [-0.39, 0.29) is 0 Å². The van der Waals surface area contributed by atoms with Gasteiger partial charge in [-0.05, 0) is 23.8 Å². The van der Waals surface area contributed by atoms with Gasteiger partial charge in [-0.3, -0.25) is 0 Å². The highest BCUT2D eigenvalue weighted by atomic mass is 15.1. The standard InChI is InChI=1S/C13H14N2/c14-13-7-4-9-15(10-8-13)11-12-5-2-1-3-6-12/h1-10H,11,14H2. The van der Waals surface area contributed by atoms with Crippen LogP contribution in [0.15, 0.2) is 66.7 Å². The molecule has 0 bridgehead atoms. The van der Waals surface area contributed by atoms with Gasteiger partial charge in [0.1, 0.15) is 0 Å². The number of nitrogens with two attached hydrogens (primary N) is 1. The first-order valence-electron chi connectivity index (χ1n) is 4.96. The SMILES string of the molecule is NC1=CC=CN(Cc2ccccc2)C=C1. The average molecular weight is 198 g/mol. The summed E-state index contributed by atoms with van der Waals surface area (Å²) in [6, 6.07) is 10.4. The summed E-state index contributed by atoms with van der Waals surface area (Å²) >= 11 is 0. The number of allylic oxidation sites excluding steroid dienone is 3. The summed E-state index contributed by atoms with van der Waals surface area (Å²) in [4.78, 5) is 2.10. The first-order chi connectivity index (χ1) is 7.34. The molecule has 0 saturated carbocycles. The van der Waals surface area contributed by atoms with E-state index in [4.69, 9.17) is 5.73 Å². The number of rotatable bonds is 2. The Morgan fingerprint density at radius 2 is 1.87 bits per heavy atom. The second kappa shape index (κ2) is 4.51. The van der Waals surface area contributed by atoms with Crippen LogP contribution in [-0.4, -0.2) is 4.90 Å². The van der Waals surface area contributed by atoms with Gasteiger partial charge in [0.15, 0.2) is 0 Å². The maximum atomic E-state index is 5.69. The van der Waals surface area contributed by atoms with Crippen molar-refractivity contribution in [3.05, 3.63) is 72.2 Å². The fourth-order valence-corrected chi connectivity index (χ4v) is 1.45. The normalized spacial score (nSPS) is 14.9. The van der Waals surface area contributed by atoms with Crippen LogP contribution in [0.4, 0.5) is 0 Å². The van der Waals surface area contributed by atoms with Crippen LogP contribution in [0, 0.1) is 0 Å². The van der Waals surface area contributed by atoms with Crippen LogP contribution in [0.1, 0.15) is 5.56 Å². The van der Waals surface area contributed by atoms with Crippen molar-refractivity contribution in [3.8, 4) is 0 Å². The zero-order valence-corrected chi connectivity index (χ0v) is 8.51. The second-order valence-corrected chi connectivity index (χ2v) is 3.48. The van der Waals surface area contributed by atoms with Gasteiger partial charge >= 0.3 is 0 Å². The topological polar surface area (TPSA) is 29.3 Å². The summed E-state index contributed by atoms with van der Waals surface area (Å²) < 4.78 is 0. The highest BCUT2D eigenvalue weighted by Crippen LogP contribution is 2.08. The minimum absolute atomic E-state index is 0.779. The maximum Gasteiger partial charge on any atom is 0.0470 e. The van der Waals surface area contributed by atoms with Crippen LogP contribution in [0.25, 0.3) is 0 Å². The smallest absolute Gasteiger partial charge is 0.0470 e. The van der Waals surface area contributed by atoms with Crippen molar-refractivity contribution in [2.45, 2.75) is 6.54 Å². The highest BCUT2D eigenvalue weighted by Gasteiger charge is 1.98. The number of nitrogens with zero attached hydrogens (tertiary/aromatic N) is 1. The number of hydrogen-bond acceptors (Lipinski definition) is 2. The van der Waals surface area contributed by atoms with Crippen LogP contribution in [-0.2, 0) is 6.54 Å². The molecule has 1 aliphatic rings. The molecule has 1 aliphatic heterocycles. The van der Waals surface area contributed by atoms with Crippen molar-refractivity contribution in [3.63, 3.8) is 0 Å². The lowest BCUT2D eigenvalue weighted by atomic mass is 10.2. The molecule has 2 nitrogen and oxygen atoms in total. The zero-order valence-electron chi connectivity index (χ0n) is 8.51. The van der Waals surface area contributed by atoms with E-state index in [1.54, 1.807) is 0 Å². The van der Waals surface area contributed by atoms with Gasteiger partial charge in [0, 0.05) is 24.6 Å². The molecule has 1 aromatic carbocycles. The Balaban J connectivity index is 2.06. The van der Waals surface area contributed by atoms with Crippen molar-refractivity contribution in [2.24, 2.45) is 5.73 Å². The van der Waals surface area contributed by atoms with Crippen LogP contribution in [0.2, 0.25) is 0 Å². The Bertz CT molecular complexity index is 402. The third kappa shape index (κ3) is 2.74. The molecule has 0 radical (unpaired) electrons. The summed E-state index contributed by atoms with van der Waals surface area (Å²) in [6.45, 7) is 0.870. The zero-order chi connectivity index (χ0) is 10.5. The predicted octanol–water partition coefficient (Wildman–Crippen LogP) is 2.37. The molecule has 15 heavy (non-hydrogen) atoms. The lowest BCUT2D eigenvalue weighted by molar-refractivity contribution is 0.502. The van der Waals surface area contributed by atoms with Gasteiger partial charge in [-0.15, -0.1) is 0 Å². The summed E-state index contributed by atoms with van der Waals surface area (Å²) in [5.41, 5.74) is 7.75. The molecule has 2 N–H and O–H groups in total. The fraction of sp³-hybridized carbons (Fsp3) is 0.0769. The largest absolute Gasteiger partial charge is 0.399 e. The molecule has 0 atom stereocenters. The Labute approximate surface area is 90.0 Å². The van der Waals surface area contributed by atoms with Crippen molar-refractivity contribution >= 4 is 0 Å². The predicted molar refractivity (Wildman–Crippen MR) is 62.5 cm³/mol. The summed E-state index contributed by atoms with van der Waals surface area (Å²) in [7, 11) is 0. The van der Waals surface area contributed by atoms with Gasteiger partial charge in [-0.2, -0.15) is 0 Å². The van der Waals surface area contributed by atoms with E-state index >= 15 is 0 Å². The molecule has 0 spiro atoms. The van der Waals surface area contributed by atoms with E-state index in [1.165, 1.54) is 5.56 Å². The van der Waals surface area contributed by atoms with Gasteiger partial charge < -0.3 is 10.6 Å². The first-order valence-corrected chi connectivity index (χ1v) is 4.96. The Kier molecular flexibility index (Phi) is 2.88. The van der Waals surface area contributed by atoms with Crippen LogP contribution in [0.5, 0.6) is 0 Å². The molecule has 0 amide bonds. The van der Waals surface area contributed by atoms with Gasteiger partial charge in [-0.1, -0.05) is 30.3 Å². The Morgan fingerprint density at radius 1 is 1.07 bits per heavy atom. The summed E-state index contributed by atoms with van der Waals surface area (Å²) in [5, 5.41) is 0. The highest BCUT2D eigenvalue weighted by molar-refractivity contribution is 5.24. The fourth-order valence-electron chi connectivity index (χ4n) is 1.45. The van der Waals surface area contributed by atoms with Crippen molar-refractivity contribution in [2.75, 3.05) is 0 Å². The summed E-state index contributed by atoms with van der Waals surface area (Å²) in [6.07, 6.45) is 9.76. The molecule has 0 unspecified atom stereocenters. The molecule has 2 heteroatoms. The van der Waals surface area contributed by atoms with Crippen LogP contribution >= 0.6 is 0 Å². The minimum Gasteiger partial charge on any atom is -0.399 e. The molecule has 0 aromatic heterocycles. The second-order valence-electron chi connectivity index (χ2n) is 3.48. The van der Waals surface area contributed by atoms with E-state index < -0.39 is 0 Å². The molecule has 0 saturated heterocycles. The number of hydrogen-bond donors (Lipinski definition) is 1. The Hall–Kier alpha value is -1.96. The van der Waals surface area contributed by atoms with E-state index in [0.717, 1.165) is 12.2 Å². The maximum absolute atomic E-state index is 5.69. The molecule has 2 rings (SSSR count). The van der Waals surface area contributed by atoms with Crippen molar-refractivity contribution in [1.29, 1.82) is 0 Å². The van der Waals surface area contributed by atoms with Gasteiger partial charge in [0.25, 0.3) is 0 Å². The van der Waals surface area contributed by atoms with Gasteiger partial charge in [0.2, 0.25) is 0 Å². The quantitative estimate of drug-likeness (QED) is 0.790. The lowest BCUT2D eigenvalue weighted by Crippen LogP contribution is -2.08. The van der Waals surface area contributed by atoms with Gasteiger partial charge in [-0.25, -0.2) is 0 Å². The van der Waals surface area contributed by atoms with Crippen molar-refractivity contribution in [1.82, 2.24) is 4.90 Å².